The molecule has 4 bridgehead atoms. The summed E-state index contributed by atoms with van der Waals surface area (Å²) in [5, 5.41) is 0. The standard InChI is InChI=1S/C22H28N4O2/c23-20(27)17-13-26(18(21(24)28)3-1-4-19(26)25-17)6-2-5-22-10-14-7-15(11-22)9-16(8-14)12-22/h1,3-4,13-16H,2,5-12H2,(H3-,23,24,27,28)/p+1. The predicted octanol–water partition coefficient (Wildman–Crippen LogP) is 2.48. The topological polar surface area (TPSA) is 98.5 Å². The van der Waals surface area contributed by atoms with E-state index in [1.807, 2.05) is 6.08 Å². The van der Waals surface area contributed by atoms with Crippen LogP contribution in [0.2, 0.25) is 0 Å². The molecule has 28 heavy (non-hydrogen) atoms. The second kappa shape index (κ2) is 6.14. The minimum absolute atomic E-state index is 0.135. The van der Waals surface area contributed by atoms with Crippen LogP contribution in [-0.2, 0) is 9.59 Å². The summed E-state index contributed by atoms with van der Waals surface area (Å²) in [7, 11) is 0. The van der Waals surface area contributed by atoms with Crippen molar-refractivity contribution in [1.29, 1.82) is 0 Å². The summed E-state index contributed by atoms with van der Waals surface area (Å²) in [5.74, 6) is 2.41. The van der Waals surface area contributed by atoms with Crippen LogP contribution in [0.25, 0.3) is 0 Å². The summed E-state index contributed by atoms with van der Waals surface area (Å²) >= 11 is 0. The van der Waals surface area contributed by atoms with Crippen LogP contribution in [0, 0.1) is 23.2 Å². The number of nitrogens with zero attached hydrogens (tertiary/aromatic N) is 2. The van der Waals surface area contributed by atoms with Gasteiger partial charge >= 0.3 is 5.91 Å². The molecule has 1 unspecified atom stereocenters. The van der Waals surface area contributed by atoms with Gasteiger partial charge in [-0.1, -0.05) is 0 Å². The Balaban J connectivity index is 1.37. The van der Waals surface area contributed by atoms with Gasteiger partial charge in [0, 0.05) is 12.2 Å². The molecule has 6 aliphatic rings. The third-order valence-electron chi connectivity index (χ3n) is 7.80. The number of nitrogens with two attached hydrogens (primary N) is 2. The molecular formula is C22H29N4O2+. The van der Waals surface area contributed by atoms with E-state index >= 15 is 0 Å². The minimum atomic E-state index is -0.572. The van der Waals surface area contributed by atoms with Crippen LogP contribution in [0.4, 0.5) is 0 Å². The highest BCUT2D eigenvalue weighted by atomic mass is 16.2. The molecule has 2 amide bonds. The van der Waals surface area contributed by atoms with Crippen LogP contribution in [0.5, 0.6) is 0 Å². The number of allylic oxidation sites excluding steroid dienone is 2. The number of primary amides is 2. The first-order chi connectivity index (χ1) is 13.4. The van der Waals surface area contributed by atoms with Crippen molar-refractivity contribution in [3.63, 3.8) is 0 Å². The Morgan fingerprint density at radius 3 is 2.29 bits per heavy atom. The number of hydrogen-bond donors (Lipinski definition) is 2. The molecule has 4 saturated carbocycles. The SMILES string of the molecule is NC(=O)C1=C[N+]2(CCCC34CC5CC(CC(C5)C3)C4)C(C(N)=O)=CC=CC2=N1. The number of hydrogen-bond acceptors (Lipinski definition) is 3. The van der Waals surface area contributed by atoms with E-state index in [-0.39, 0.29) is 10.2 Å². The smallest absolute Gasteiger partial charge is 0.303 e. The summed E-state index contributed by atoms with van der Waals surface area (Å²) < 4.78 is 0.135. The molecule has 0 saturated heterocycles. The van der Waals surface area contributed by atoms with Gasteiger partial charge in [-0.15, -0.1) is 0 Å². The number of carbonyl (C=O) groups excluding carboxylic acids is 2. The third kappa shape index (κ3) is 2.69. The van der Waals surface area contributed by atoms with Gasteiger partial charge in [0.2, 0.25) is 11.5 Å². The number of fused-ring (bicyclic) bond motifs is 1. The fraction of sp³-hybridized carbons (Fsp3) is 0.591. The Morgan fingerprint density at radius 1 is 1.07 bits per heavy atom. The molecule has 2 heterocycles. The van der Waals surface area contributed by atoms with Crippen LogP contribution in [0.3, 0.4) is 0 Å². The van der Waals surface area contributed by atoms with Crippen molar-refractivity contribution in [3.8, 4) is 0 Å². The number of quaternary nitrogens is 1. The first-order valence-electron chi connectivity index (χ1n) is 10.6. The molecule has 6 heteroatoms. The molecule has 148 valence electrons. The lowest BCUT2D eigenvalue weighted by molar-refractivity contribution is -0.739. The van der Waals surface area contributed by atoms with E-state index in [0.717, 1.165) is 24.2 Å². The Bertz CT molecular complexity index is 830. The van der Waals surface area contributed by atoms with Gasteiger partial charge in [0.1, 0.15) is 6.20 Å². The monoisotopic (exact) mass is 381 g/mol. The van der Waals surface area contributed by atoms with Crippen LogP contribution in [0.1, 0.15) is 51.4 Å². The van der Waals surface area contributed by atoms with Crippen LogP contribution in [0.15, 0.2) is 40.8 Å². The molecule has 2 aliphatic heterocycles. The largest absolute Gasteiger partial charge is 0.364 e. The minimum Gasteiger partial charge on any atom is -0.364 e. The normalized spacial score (nSPS) is 40.0. The number of amides is 2. The zero-order chi connectivity index (χ0) is 19.5. The highest BCUT2D eigenvalue weighted by Crippen LogP contribution is 2.61. The fourth-order valence-corrected chi connectivity index (χ4v) is 7.23. The molecule has 0 aromatic carbocycles. The van der Waals surface area contributed by atoms with Gasteiger partial charge in [0.25, 0.3) is 5.91 Å². The maximum atomic E-state index is 12.2. The maximum Gasteiger partial charge on any atom is 0.303 e. The van der Waals surface area contributed by atoms with Crippen LogP contribution < -0.4 is 11.5 Å². The Hall–Kier alpha value is -2.21. The van der Waals surface area contributed by atoms with E-state index in [2.05, 4.69) is 4.99 Å². The average molecular weight is 382 g/mol. The van der Waals surface area contributed by atoms with E-state index in [9.17, 15) is 9.59 Å². The van der Waals surface area contributed by atoms with Crippen molar-refractivity contribution < 1.29 is 14.1 Å². The maximum absolute atomic E-state index is 12.2. The van der Waals surface area contributed by atoms with E-state index in [4.69, 9.17) is 11.5 Å². The van der Waals surface area contributed by atoms with Crippen molar-refractivity contribution in [1.82, 2.24) is 0 Å². The molecule has 4 fully saturated rings. The van der Waals surface area contributed by atoms with Crippen molar-refractivity contribution in [3.05, 3.63) is 35.8 Å². The van der Waals surface area contributed by atoms with E-state index < -0.39 is 11.8 Å². The Labute approximate surface area is 165 Å². The van der Waals surface area contributed by atoms with Crippen LogP contribution >= 0.6 is 0 Å². The lowest BCUT2D eigenvalue weighted by atomic mass is 9.48. The van der Waals surface area contributed by atoms with Crippen molar-refractivity contribution >= 4 is 17.6 Å². The molecule has 6 rings (SSSR count). The van der Waals surface area contributed by atoms with Crippen molar-refractivity contribution in [2.24, 2.45) is 39.6 Å². The molecule has 4 aliphatic carbocycles. The summed E-state index contributed by atoms with van der Waals surface area (Å²) in [6.07, 6.45) is 17.7. The fourth-order valence-electron chi connectivity index (χ4n) is 7.23. The molecule has 0 spiro atoms. The molecule has 1 atom stereocenters. The van der Waals surface area contributed by atoms with Gasteiger partial charge in [-0.05, 0) is 80.6 Å². The predicted molar refractivity (Wildman–Crippen MR) is 106 cm³/mol. The zero-order valence-electron chi connectivity index (χ0n) is 16.3. The molecule has 4 N–H and O–H groups in total. The number of rotatable bonds is 6. The Morgan fingerprint density at radius 2 is 1.71 bits per heavy atom. The highest BCUT2D eigenvalue weighted by molar-refractivity contribution is 6.03. The molecule has 0 aromatic rings. The Kier molecular flexibility index (Phi) is 3.92. The lowest BCUT2D eigenvalue weighted by Crippen LogP contribution is -2.51. The van der Waals surface area contributed by atoms with Crippen molar-refractivity contribution in [2.45, 2.75) is 51.4 Å². The molecule has 0 radical (unpaired) electrons. The van der Waals surface area contributed by atoms with Gasteiger partial charge in [-0.2, -0.15) is 4.99 Å². The second-order valence-electron chi connectivity index (χ2n) is 9.74. The summed E-state index contributed by atoms with van der Waals surface area (Å²) in [6.45, 7) is 0.691. The summed E-state index contributed by atoms with van der Waals surface area (Å²) in [5.41, 5.74) is 12.3. The van der Waals surface area contributed by atoms with Gasteiger partial charge in [-0.3, -0.25) is 9.59 Å². The number of carbonyl (C=O) groups is 2. The average Bonchev–Trinajstić information content (AvgIpc) is 2.99. The molecule has 6 nitrogen and oxygen atoms in total. The first kappa shape index (κ1) is 17.9. The lowest BCUT2D eigenvalue weighted by Gasteiger charge is -2.57. The summed E-state index contributed by atoms with van der Waals surface area (Å²) in [4.78, 5) is 28.3. The van der Waals surface area contributed by atoms with Crippen LogP contribution in [-0.4, -0.2) is 28.7 Å². The van der Waals surface area contributed by atoms with E-state index in [1.54, 1.807) is 18.4 Å². The van der Waals surface area contributed by atoms with Crippen molar-refractivity contribution in [2.75, 3.05) is 6.54 Å². The summed E-state index contributed by atoms with van der Waals surface area (Å²) in [6, 6.07) is 0. The van der Waals surface area contributed by atoms with Gasteiger partial charge in [0.15, 0.2) is 5.70 Å². The van der Waals surface area contributed by atoms with Gasteiger partial charge < -0.3 is 11.5 Å². The number of amidine groups is 1. The highest BCUT2D eigenvalue weighted by Gasteiger charge is 2.51. The third-order valence-corrected chi connectivity index (χ3v) is 7.80. The van der Waals surface area contributed by atoms with Gasteiger partial charge in [0.05, 0.1) is 6.54 Å². The van der Waals surface area contributed by atoms with Gasteiger partial charge in [-0.25, -0.2) is 4.48 Å². The molecular weight excluding hydrogens is 352 g/mol. The zero-order valence-corrected chi connectivity index (χ0v) is 16.3. The number of aliphatic imine (C=N–C) groups is 1. The quantitative estimate of drug-likeness (QED) is 0.691. The second-order valence-corrected chi connectivity index (χ2v) is 9.74. The van der Waals surface area contributed by atoms with E-state index in [0.29, 0.717) is 23.5 Å². The first-order valence-corrected chi connectivity index (χ1v) is 10.6. The molecule has 0 aromatic heterocycles. The van der Waals surface area contributed by atoms with E-state index in [1.165, 1.54) is 44.9 Å².